The van der Waals surface area contributed by atoms with Gasteiger partial charge in [0.2, 0.25) is 0 Å². The Kier molecular flexibility index (Phi) is 3.90. The van der Waals surface area contributed by atoms with Crippen LogP contribution in [0.2, 0.25) is 0 Å². The zero-order valence-electron chi connectivity index (χ0n) is 12.0. The molecule has 0 aromatic heterocycles. The van der Waals surface area contributed by atoms with Crippen molar-refractivity contribution in [2.24, 2.45) is 11.7 Å². The topological polar surface area (TPSA) is 29.3 Å². The van der Waals surface area contributed by atoms with Gasteiger partial charge in [0.25, 0.3) is 0 Å². The summed E-state index contributed by atoms with van der Waals surface area (Å²) in [5, 5.41) is 0. The largest absolute Gasteiger partial charge is 0.324 e. The summed E-state index contributed by atoms with van der Waals surface area (Å²) >= 11 is 0. The second kappa shape index (κ2) is 5.64. The Bertz CT molecular complexity index is 404. The molecule has 2 saturated carbocycles. The lowest BCUT2D eigenvalue weighted by atomic mass is 10.0. The molecular weight excluding hydrogens is 232 g/mol. The van der Waals surface area contributed by atoms with E-state index in [9.17, 15) is 0 Å². The lowest BCUT2D eigenvalue weighted by Gasteiger charge is -2.23. The Labute approximate surface area is 117 Å². The fourth-order valence-corrected chi connectivity index (χ4v) is 2.78. The van der Waals surface area contributed by atoms with E-state index in [1.165, 1.54) is 49.9 Å². The predicted octanol–water partition coefficient (Wildman–Crippen LogP) is 3.26. The van der Waals surface area contributed by atoms with Crippen molar-refractivity contribution in [1.82, 2.24) is 4.90 Å². The summed E-state index contributed by atoms with van der Waals surface area (Å²) in [5.74, 6) is 0.996. The van der Waals surface area contributed by atoms with Crippen LogP contribution in [0.1, 0.15) is 49.3 Å². The summed E-state index contributed by atoms with van der Waals surface area (Å²) in [4.78, 5) is 2.70. The fraction of sp³-hybridized carbons (Fsp3) is 0.647. The monoisotopic (exact) mass is 258 g/mol. The average molecular weight is 258 g/mol. The van der Waals surface area contributed by atoms with Gasteiger partial charge < -0.3 is 10.6 Å². The molecule has 0 saturated heterocycles. The van der Waals surface area contributed by atoms with Gasteiger partial charge in [-0.05, 0) is 50.5 Å². The molecule has 3 rings (SSSR count). The lowest BCUT2D eigenvalue weighted by Crippen LogP contribution is -2.31. The van der Waals surface area contributed by atoms with Crippen LogP contribution >= 0.6 is 0 Å². The second-order valence-electron chi connectivity index (χ2n) is 6.48. The third-order valence-electron chi connectivity index (χ3n) is 4.49. The minimum atomic E-state index is 0.195. The Morgan fingerprint density at radius 3 is 2.42 bits per heavy atom. The minimum Gasteiger partial charge on any atom is -0.324 e. The Balaban J connectivity index is 1.50. The van der Waals surface area contributed by atoms with E-state index in [-0.39, 0.29) is 6.04 Å². The highest BCUT2D eigenvalue weighted by atomic mass is 15.2. The first-order valence-electron chi connectivity index (χ1n) is 7.78. The van der Waals surface area contributed by atoms with E-state index in [1.54, 1.807) is 0 Å². The van der Waals surface area contributed by atoms with E-state index < -0.39 is 0 Å². The molecule has 2 N–H and O–H groups in total. The maximum absolute atomic E-state index is 6.33. The Morgan fingerprint density at radius 1 is 1.16 bits per heavy atom. The Morgan fingerprint density at radius 2 is 1.84 bits per heavy atom. The number of hydrogen-bond donors (Lipinski definition) is 1. The van der Waals surface area contributed by atoms with Gasteiger partial charge in [0.15, 0.2) is 0 Å². The second-order valence-corrected chi connectivity index (χ2v) is 6.48. The van der Waals surface area contributed by atoms with E-state index in [1.807, 2.05) is 0 Å². The van der Waals surface area contributed by atoms with E-state index in [4.69, 9.17) is 5.73 Å². The lowest BCUT2D eigenvalue weighted by molar-refractivity contribution is 0.243. The van der Waals surface area contributed by atoms with Crippen molar-refractivity contribution in [1.29, 1.82) is 0 Å². The number of nitrogens with two attached hydrogens (primary N) is 1. The van der Waals surface area contributed by atoms with Gasteiger partial charge in [-0.1, -0.05) is 29.8 Å². The average Bonchev–Trinajstić information content (AvgIpc) is 3.27. The van der Waals surface area contributed by atoms with Crippen LogP contribution in [0.3, 0.4) is 0 Å². The van der Waals surface area contributed by atoms with Gasteiger partial charge in [-0.15, -0.1) is 0 Å². The summed E-state index contributed by atoms with van der Waals surface area (Å²) in [7, 11) is 0. The van der Waals surface area contributed by atoms with Gasteiger partial charge in [0.05, 0.1) is 0 Å². The molecule has 1 aromatic rings. The van der Waals surface area contributed by atoms with Crippen LogP contribution in [0.5, 0.6) is 0 Å². The molecule has 2 nitrogen and oxygen atoms in total. The highest BCUT2D eigenvalue weighted by Gasteiger charge is 2.33. The third-order valence-corrected chi connectivity index (χ3v) is 4.49. The molecule has 1 atom stereocenters. The first-order chi connectivity index (χ1) is 9.22. The molecule has 104 valence electrons. The summed E-state index contributed by atoms with van der Waals surface area (Å²) < 4.78 is 0. The summed E-state index contributed by atoms with van der Waals surface area (Å²) in [6, 6.07) is 9.77. The first kappa shape index (κ1) is 13.1. The minimum absolute atomic E-state index is 0.195. The van der Waals surface area contributed by atoms with Crippen molar-refractivity contribution in [3.05, 3.63) is 35.4 Å². The van der Waals surface area contributed by atoms with Crippen LogP contribution < -0.4 is 5.73 Å². The van der Waals surface area contributed by atoms with Crippen LogP contribution in [-0.2, 0) is 0 Å². The van der Waals surface area contributed by atoms with Crippen LogP contribution in [0, 0.1) is 12.8 Å². The predicted molar refractivity (Wildman–Crippen MR) is 80.0 cm³/mol. The van der Waals surface area contributed by atoms with Crippen molar-refractivity contribution < 1.29 is 0 Å². The third kappa shape index (κ3) is 3.80. The summed E-state index contributed by atoms with van der Waals surface area (Å²) in [6.07, 6.45) is 6.81. The maximum Gasteiger partial charge on any atom is 0.0307 e. The van der Waals surface area contributed by atoms with Crippen LogP contribution in [0.4, 0.5) is 0 Å². The highest BCUT2D eigenvalue weighted by molar-refractivity contribution is 5.23. The molecule has 1 aromatic carbocycles. The fourth-order valence-electron chi connectivity index (χ4n) is 2.78. The van der Waals surface area contributed by atoms with E-state index >= 15 is 0 Å². The van der Waals surface area contributed by atoms with Crippen LogP contribution in [-0.4, -0.2) is 24.0 Å². The van der Waals surface area contributed by atoms with Crippen LogP contribution in [0.15, 0.2) is 24.3 Å². The van der Waals surface area contributed by atoms with E-state index in [2.05, 4.69) is 36.1 Å². The number of aryl methyl sites for hydroxylation is 1. The molecule has 0 bridgehead atoms. The number of nitrogens with zero attached hydrogens (tertiary/aromatic N) is 1. The zero-order valence-corrected chi connectivity index (χ0v) is 12.0. The number of hydrogen-bond acceptors (Lipinski definition) is 2. The summed E-state index contributed by atoms with van der Waals surface area (Å²) in [5.41, 5.74) is 8.93. The normalized spacial score (nSPS) is 20.8. The quantitative estimate of drug-likeness (QED) is 0.813. The molecule has 19 heavy (non-hydrogen) atoms. The van der Waals surface area contributed by atoms with Gasteiger partial charge in [-0.25, -0.2) is 0 Å². The molecular formula is C17H26N2. The SMILES string of the molecule is Cc1ccc(C(N)CCN(CC2CC2)C2CC2)cc1. The van der Waals surface area contributed by atoms with Gasteiger partial charge in [0, 0.05) is 25.2 Å². The van der Waals surface area contributed by atoms with Gasteiger partial charge >= 0.3 is 0 Å². The van der Waals surface area contributed by atoms with Crippen molar-refractivity contribution in [2.75, 3.05) is 13.1 Å². The van der Waals surface area contributed by atoms with Gasteiger partial charge in [-0.2, -0.15) is 0 Å². The molecule has 2 fully saturated rings. The maximum atomic E-state index is 6.33. The van der Waals surface area contributed by atoms with Crippen molar-refractivity contribution in [3.8, 4) is 0 Å². The smallest absolute Gasteiger partial charge is 0.0307 e. The number of rotatable bonds is 7. The molecule has 1 unspecified atom stereocenters. The number of benzene rings is 1. The molecule has 0 aliphatic heterocycles. The molecule has 0 amide bonds. The van der Waals surface area contributed by atoms with Gasteiger partial charge in [0.1, 0.15) is 0 Å². The molecule has 0 heterocycles. The van der Waals surface area contributed by atoms with E-state index in [0.717, 1.165) is 18.4 Å². The van der Waals surface area contributed by atoms with E-state index in [0.29, 0.717) is 0 Å². The van der Waals surface area contributed by atoms with Crippen molar-refractivity contribution in [2.45, 2.75) is 51.1 Å². The van der Waals surface area contributed by atoms with Gasteiger partial charge in [-0.3, -0.25) is 0 Å². The summed E-state index contributed by atoms with van der Waals surface area (Å²) in [6.45, 7) is 4.63. The molecule has 2 aliphatic rings. The molecule has 0 spiro atoms. The first-order valence-corrected chi connectivity index (χ1v) is 7.78. The zero-order chi connectivity index (χ0) is 13.2. The molecule has 0 radical (unpaired) electrons. The van der Waals surface area contributed by atoms with Crippen LogP contribution in [0.25, 0.3) is 0 Å². The standard InChI is InChI=1S/C17H26N2/c1-13-2-6-15(7-3-13)17(18)10-11-19(16-8-9-16)12-14-4-5-14/h2-3,6-7,14,16-17H,4-5,8-12,18H2,1H3. The molecule has 2 heteroatoms. The highest BCUT2D eigenvalue weighted by Crippen LogP contribution is 2.35. The Hall–Kier alpha value is -0.860. The van der Waals surface area contributed by atoms with Crippen molar-refractivity contribution in [3.63, 3.8) is 0 Å². The van der Waals surface area contributed by atoms with Crippen molar-refractivity contribution >= 4 is 0 Å². The molecule has 2 aliphatic carbocycles.